The molecule has 4 unspecified atom stereocenters. The summed E-state index contributed by atoms with van der Waals surface area (Å²) in [6.45, 7) is 7.31. The first kappa shape index (κ1) is 29.0. The van der Waals surface area contributed by atoms with Crippen LogP contribution in [0.1, 0.15) is 62.5 Å². The number of hydrogen-bond acceptors (Lipinski definition) is 6. The first-order chi connectivity index (χ1) is 18.8. The molecule has 1 aliphatic rings. The predicted octanol–water partition coefficient (Wildman–Crippen LogP) is 5.55. The van der Waals surface area contributed by atoms with Gasteiger partial charge in [-0.25, -0.2) is 22.9 Å². The van der Waals surface area contributed by atoms with E-state index in [2.05, 4.69) is 20.6 Å². The Balaban J connectivity index is 1.57. The fourth-order valence-corrected chi connectivity index (χ4v) is 4.95. The van der Waals surface area contributed by atoms with Crippen molar-refractivity contribution in [2.45, 2.75) is 64.1 Å². The zero-order valence-corrected chi connectivity index (χ0v) is 22.7. The molecule has 0 spiro atoms. The first-order valence-electron chi connectivity index (χ1n) is 13.0. The van der Waals surface area contributed by atoms with Gasteiger partial charge in [0.2, 0.25) is 0 Å². The van der Waals surface area contributed by atoms with E-state index < -0.39 is 46.3 Å². The molecule has 40 heavy (non-hydrogen) atoms. The molecule has 212 valence electrons. The maximum atomic E-state index is 14.5. The number of anilines is 1. The Hall–Kier alpha value is -3.99. The third-order valence-electron chi connectivity index (χ3n) is 6.84. The first-order valence-corrected chi connectivity index (χ1v) is 13.0. The van der Waals surface area contributed by atoms with Crippen molar-refractivity contribution >= 4 is 17.7 Å². The van der Waals surface area contributed by atoms with Crippen LogP contribution in [0.5, 0.6) is 0 Å². The van der Waals surface area contributed by atoms with E-state index in [1.165, 1.54) is 6.20 Å². The molecule has 2 aromatic heterocycles. The van der Waals surface area contributed by atoms with Gasteiger partial charge in [0.25, 0.3) is 5.91 Å². The van der Waals surface area contributed by atoms with Gasteiger partial charge in [-0.2, -0.15) is 0 Å². The Kier molecular flexibility index (Phi) is 8.43. The molecule has 1 aromatic carbocycles. The third-order valence-corrected chi connectivity index (χ3v) is 6.84. The van der Waals surface area contributed by atoms with E-state index in [1.54, 1.807) is 33.0 Å². The SMILES string of the molecule is CC1CC(c2ccncc2NC(=O)c2ccc(F)c(-c3c(F)cccc3F)n2)CC(NC(=O)OC(C)(C)C)C1N. The summed E-state index contributed by atoms with van der Waals surface area (Å²) in [4.78, 5) is 33.7. The quantitative estimate of drug-likeness (QED) is 0.380. The van der Waals surface area contributed by atoms with Crippen LogP contribution in [0.15, 0.2) is 48.8 Å². The molecular formula is C29H32F3N5O3. The minimum Gasteiger partial charge on any atom is -0.444 e. The molecule has 0 saturated heterocycles. The number of halogens is 3. The molecule has 2 heterocycles. The van der Waals surface area contributed by atoms with Crippen molar-refractivity contribution in [3.63, 3.8) is 0 Å². The standard InChI is InChI=1S/C29H32F3N5O3/c1-15-12-16(13-22(25(15)33)37-28(39)40-29(2,3)4)17-10-11-34-14-23(17)36-27(38)21-9-8-20(32)26(35-21)24-18(30)6-5-7-19(24)31/h5-11,14-16,22,25H,12-13,33H2,1-4H3,(H,36,38)(H,37,39). The van der Waals surface area contributed by atoms with Crippen LogP contribution < -0.4 is 16.4 Å². The lowest BCUT2D eigenvalue weighted by molar-refractivity contribution is 0.0470. The average molecular weight is 556 g/mol. The second-order valence-corrected chi connectivity index (χ2v) is 11.0. The van der Waals surface area contributed by atoms with Crippen LogP contribution in [0.4, 0.5) is 23.7 Å². The number of amides is 2. The van der Waals surface area contributed by atoms with Crippen molar-refractivity contribution in [2.75, 3.05) is 5.32 Å². The Bertz CT molecular complexity index is 1390. The van der Waals surface area contributed by atoms with Crippen LogP contribution in [-0.2, 0) is 4.74 Å². The second-order valence-electron chi connectivity index (χ2n) is 11.0. The van der Waals surface area contributed by atoms with Crippen molar-refractivity contribution in [3.8, 4) is 11.3 Å². The van der Waals surface area contributed by atoms with Crippen LogP contribution in [-0.4, -0.2) is 39.7 Å². The molecule has 11 heteroatoms. The smallest absolute Gasteiger partial charge is 0.407 e. The lowest BCUT2D eigenvalue weighted by Gasteiger charge is -2.39. The van der Waals surface area contributed by atoms with Gasteiger partial charge in [0, 0.05) is 18.3 Å². The Labute approximate surface area is 230 Å². The van der Waals surface area contributed by atoms with Crippen molar-refractivity contribution in [2.24, 2.45) is 11.7 Å². The highest BCUT2D eigenvalue weighted by atomic mass is 19.1. The lowest BCUT2D eigenvalue weighted by atomic mass is 9.73. The van der Waals surface area contributed by atoms with Gasteiger partial charge in [-0.1, -0.05) is 13.0 Å². The number of hydrogen-bond donors (Lipinski definition) is 3. The van der Waals surface area contributed by atoms with Crippen LogP contribution >= 0.6 is 0 Å². The molecule has 8 nitrogen and oxygen atoms in total. The van der Waals surface area contributed by atoms with Gasteiger partial charge in [0.1, 0.15) is 34.4 Å². The van der Waals surface area contributed by atoms with Crippen molar-refractivity contribution in [3.05, 3.63) is 77.5 Å². The minimum atomic E-state index is -1.00. The molecule has 1 aliphatic carbocycles. The highest BCUT2D eigenvalue weighted by molar-refractivity contribution is 6.03. The number of ether oxygens (including phenoxy) is 1. The number of benzene rings is 1. The molecule has 3 aromatic rings. The number of nitrogens with one attached hydrogen (secondary N) is 2. The van der Waals surface area contributed by atoms with Gasteiger partial charge in [-0.05, 0) is 81.3 Å². The summed E-state index contributed by atoms with van der Waals surface area (Å²) in [5, 5.41) is 5.63. The lowest BCUT2D eigenvalue weighted by Crippen LogP contribution is -2.54. The summed E-state index contributed by atoms with van der Waals surface area (Å²) in [5.41, 5.74) is 5.40. The van der Waals surface area contributed by atoms with Gasteiger partial charge < -0.3 is 21.1 Å². The summed E-state index contributed by atoms with van der Waals surface area (Å²) < 4.78 is 48.5. The number of rotatable bonds is 5. The van der Waals surface area contributed by atoms with E-state index >= 15 is 0 Å². The number of carbonyl (C=O) groups excluding carboxylic acids is 2. The number of alkyl carbamates (subject to hydrolysis) is 1. The van der Waals surface area contributed by atoms with E-state index in [0.29, 0.717) is 18.5 Å². The van der Waals surface area contributed by atoms with E-state index in [4.69, 9.17) is 10.5 Å². The highest BCUT2D eigenvalue weighted by Crippen LogP contribution is 2.39. The molecule has 1 fully saturated rings. The summed E-state index contributed by atoms with van der Waals surface area (Å²) in [6.07, 6.45) is 3.68. The zero-order valence-electron chi connectivity index (χ0n) is 22.7. The van der Waals surface area contributed by atoms with Crippen LogP contribution in [0.3, 0.4) is 0 Å². The van der Waals surface area contributed by atoms with Gasteiger partial charge in [-0.15, -0.1) is 0 Å². The van der Waals surface area contributed by atoms with E-state index in [-0.39, 0.29) is 29.6 Å². The maximum Gasteiger partial charge on any atom is 0.407 e. The topological polar surface area (TPSA) is 119 Å². The average Bonchev–Trinajstić information content (AvgIpc) is 2.86. The highest BCUT2D eigenvalue weighted by Gasteiger charge is 2.36. The summed E-state index contributed by atoms with van der Waals surface area (Å²) in [7, 11) is 0. The number of pyridine rings is 2. The molecule has 0 aliphatic heterocycles. The molecule has 4 rings (SSSR count). The third kappa shape index (κ3) is 6.59. The molecule has 0 bridgehead atoms. The number of nitrogens with two attached hydrogens (primary N) is 1. The summed E-state index contributed by atoms with van der Waals surface area (Å²) >= 11 is 0. The molecule has 4 N–H and O–H groups in total. The molecule has 4 atom stereocenters. The molecule has 2 amide bonds. The molecule has 0 radical (unpaired) electrons. The van der Waals surface area contributed by atoms with Crippen LogP contribution in [0.25, 0.3) is 11.3 Å². The Morgan fingerprint density at radius 2 is 1.73 bits per heavy atom. The monoisotopic (exact) mass is 555 g/mol. The largest absolute Gasteiger partial charge is 0.444 e. The van der Waals surface area contributed by atoms with Gasteiger partial charge >= 0.3 is 6.09 Å². The molecule has 1 saturated carbocycles. The minimum absolute atomic E-state index is 0.0346. The number of nitrogens with zero attached hydrogens (tertiary/aromatic N) is 2. The fraction of sp³-hybridized carbons (Fsp3) is 0.379. The van der Waals surface area contributed by atoms with Gasteiger partial charge in [0.05, 0.1) is 17.4 Å². The summed E-state index contributed by atoms with van der Waals surface area (Å²) in [5.74, 6) is -3.75. The maximum absolute atomic E-state index is 14.5. The number of aromatic nitrogens is 2. The molecular weight excluding hydrogens is 523 g/mol. The Morgan fingerprint density at radius 1 is 1.02 bits per heavy atom. The predicted molar refractivity (Wildman–Crippen MR) is 144 cm³/mol. The Morgan fingerprint density at radius 3 is 2.40 bits per heavy atom. The summed E-state index contributed by atoms with van der Waals surface area (Å²) in [6, 6.07) is 6.27. The zero-order chi connectivity index (χ0) is 29.2. The normalized spacial score (nSPS) is 21.0. The van der Waals surface area contributed by atoms with Crippen molar-refractivity contribution in [1.82, 2.24) is 15.3 Å². The van der Waals surface area contributed by atoms with E-state index in [0.717, 1.165) is 35.9 Å². The number of carbonyl (C=O) groups is 2. The second kappa shape index (κ2) is 11.6. The van der Waals surface area contributed by atoms with Crippen LogP contribution in [0, 0.1) is 23.4 Å². The fourth-order valence-electron chi connectivity index (χ4n) is 4.95. The van der Waals surface area contributed by atoms with E-state index in [9.17, 15) is 22.8 Å². The van der Waals surface area contributed by atoms with Crippen LogP contribution in [0.2, 0.25) is 0 Å². The van der Waals surface area contributed by atoms with Gasteiger partial charge in [0.15, 0.2) is 0 Å². The van der Waals surface area contributed by atoms with E-state index in [1.807, 2.05) is 6.92 Å². The van der Waals surface area contributed by atoms with Gasteiger partial charge in [-0.3, -0.25) is 9.78 Å². The van der Waals surface area contributed by atoms with Crippen molar-refractivity contribution in [1.29, 1.82) is 0 Å². The van der Waals surface area contributed by atoms with Crippen molar-refractivity contribution < 1.29 is 27.5 Å².